The van der Waals surface area contributed by atoms with Crippen LogP contribution in [0.25, 0.3) is 0 Å². The Morgan fingerprint density at radius 1 is 0.957 bits per heavy atom. The molecule has 7 nitrogen and oxygen atoms in total. The molecule has 0 bridgehead atoms. The van der Waals surface area contributed by atoms with Crippen LogP contribution < -0.4 is 5.32 Å². The first kappa shape index (κ1) is 17.6. The average molecular weight is 325 g/mol. The molecular formula is C16H27N3O4. The largest absolute Gasteiger partial charge is 0.481 e. The van der Waals surface area contributed by atoms with E-state index in [2.05, 4.69) is 5.32 Å². The molecule has 2 aliphatic rings. The fourth-order valence-electron chi connectivity index (χ4n) is 3.20. The molecule has 0 aliphatic carbocycles. The topological polar surface area (TPSA) is 90.0 Å². The maximum absolute atomic E-state index is 12.3. The number of unbranched alkanes of at least 4 members (excludes halogenated alkanes) is 1. The molecule has 2 saturated heterocycles. The zero-order valence-electron chi connectivity index (χ0n) is 13.6. The maximum atomic E-state index is 12.3. The van der Waals surface area contributed by atoms with Crippen molar-refractivity contribution in [3.8, 4) is 0 Å². The highest BCUT2D eigenvalue weighted by molar-refractivity contribution is 5.79. The lowest BCUT2D eigenvalue weighted by Crippen LogP contribution is -2.47. The molecule has 0 aromatic rings. The van der Waals surface area contributed by atoms with Crippen LogP contribution in [0.15, 0.2) is 0 Å². The van der Waals surface area contributed by atoms with Crippen LogP contribution in [-0.4, -0.2) is 65.5 Å². The number of nitrogens with one attached hydrogen (secondary N) is 1. The van der Waals surface area contributed by atoms with Gasteiger partial charge in [-0.1, -0.05) is 0 Å². The SMILES string of the molecule is O=C(O)CCCCNC(=O)C1CCN(C(=O)N2CCCC2)CC1. The lowest BCUT2D eigenvalue weighted by atomic mass is 9.96. The minimum atomic E-state index is -0.800. The number of amides is 3. The van der Waals surface area contributed by atoms with Crippen LogP contribution in [0.4, 0.5) is 4.79 Å². The molecule has 2 heterocycles. The Kier molecular flexibility index (Phi) is 6.67. The van der Waals surface area contributed by atoms with Crippen LogP contribution in [-0.2, 0) is 9.59 Å². The molecule has 0 atom stereocenters. The van der Waals surface area contributed by atoms with Crippen molar-refractivity contribution < 1.29 is 19.5 Å². The highest BCUT2D eigenvalue weighted by Gasteiger charge is 2.30. The molecule has 0 radical (unpaired) electrons. The number of likely N-dealkylation sites (tertiary alicyclic amines) is 2. The molecule has 130 valence electrons. The molecule has 2 aliphatic heterocycles. The number of carbonyl (C=O) groups is 3. The second-order valence-corrected chi connectivity index (χ2v) is 6.38. The summed E-state index contributed by atoms with van der Waals surface area (Å²) >= 11 is 0. The van der Waals surface area contributed by atoms with Crippen LogP contribution >= 0.6 is 0 Å². The minimum absolute atomic E-state index is 0.0305. The van der Waals surface area contributed by atoms with Crippen LogP contribution in [0.2, 0.25) is 0 Å². The molecule has 0 unspecified atom stereocenters. The van der Waals surface area contributed by atoms with Gasteiger partial charge in [-0.15, -0.1) is 0 Å². The van der Waals surface area contributed by atoms with Crippen molar-refractivity contribution in [3.05, 3.63) is 0 Å². The third-order valence-electron chi connectivity index (χ3n) is 4.63. The molecule has 0 aromatic heterocycles. The van der Waals surface area contributed by atoms with Gasteiger partial charge in [0.1, 0.15) is 0 Å². The molecular weight excluding hydrogens is 298 g/mol. The average Bonchev–Trinajstić information content (AvgIpc) is 3.08. The van der Waals surface area contributed by atoms with E-state index in [4.69, 9.17) is 5.11 Å². The number of carboxylic acids is 1. The molecule has 23 heavy (non-hydrogen) atoms. The van der Waals surface area contributed by atoms with E-state index in [9.17, 15) is 14.4 Å². The van der Waals surface area contributed by atoms with Gasteiger partial charge in [0.05, 0.1) is 0 Å². The quantitative estimate of drug-likeness (QED) is 0.720. The Hall–Kier alpha value is -1.79. The van der Waals surface area contributed by atoms with Crippen molar-refractivity contribution in [2.45, 2.75) is 44.9 Å². The number of carboxylic acid groups (broad SMARTS) is 1. The minimum Gasteiger partial charge on any atom is -0.481 e. The van der Waals surface area contributed by atoms with E-state index in [-0.39, 0.29) is 24.3 Å². The third-order valence-corrected chi connectivity index (χ3v) is 4.63. The molecule has 2 N–H and O–H groups in total. The molecule has 2 fully saturated rings. The van der Waals surface area contributed by atoms with Gasteiger partial charge >= 0.3 is 12.0 Å². The van der Waals surface area contributed by atoms with Gasteiger partial charge in [0.25, 0.3) is 0 Å². The molecule has 0 spiro atoms. The maximum Gasteiger partial charge on any atom is 0.319 e. The van der Waals surface area contributed by atoms with E-state index < -0.39 is 5.97 Å². The van der Waals surface area contributed by atoms with Gasteiger partial charge in [0, 0.05) is 45.1 Å². The van der Waals surface area contributed by atoms with Gasteiger partial charge in [-0.2, -0.15) is 0 Å². The highest BCUT2D eigenvalue weighted by atomic mass is 16.4. The van der Waals surface area contributed by atoms with Crippen LogP contribution in [0.5, 0.6) is 0 Å². The van der Waals surface area contributed by atoms with Gasteiger partial charge in [0.15, 0.2) is 0 Å². The monoisotopic (exact) mass is 325 g/mol. The van der Waals surface area contributed by atoms with Gasteiger partial charge in [-0.25, -0.2) is 4.79 Å². The van der Waals surface area contributed by atoms with Crippen molar-refractivity contribution in [2.75, 3.05) is 32.7 Å². The van der Waals surface area contributed by atoms with Gasteiger partial charge in [-0.3, -0.25) is 9.59 Å². The summed E-state index contributed by atoms with van der Waals surface area (Å²) in [7, 11) is 0. The zero-order valence-corrected chi connectivity index (χ0v) is 13.6. The molecule has 0 saturated carbocycles. The number of hydrogen-bond acceptors (Lipinski definition) is 3. The lowest BCUT2D eigenvalue weighted by Gasteiger charge is -2.34. The number of carbonyl (C=O) groups excluding carboxylic acids is 2. The Balaban J connectivity index is 1.62. The number of nitrogens with zero attached hydrogens (tertiary/aromatic N) is 2. The smallest absolute Gasteiger partial charge is 0.319 e. The molecule has 2 rings (SSSR count). The van der Waals surface area contributed by atoms with Gasteiger partial charge in [-0.05, 0) is 38.5 Å². The first-order valence-electron chi connectivity index (χ1n) is 8.61. The Morgan fingerprint density at radius 3 is 2.17 bits per heavy atom. The standard InChI is InChI=1S/C16H27N3O4/c20-14(21)5-1-2-8-17-15(22)13-6-11-19(12-7-13)16(23)18-9-3-4-10-18/h13H,1-12H2,(H,17,22)(H,20,21). The number of urea groups is 1. The summed E-state index contributed by atoms with van der Waals surface area (Å²) in [5, 5.41) is 11.4. The summed E-state index contributed by atoms with van der Waals surface area (Å²) in [6, 6.07) is 0.120. The van der Waals surface area contributed by atoms with E-state index in [1.54, 1.807) is 0 Å². The summed E-state index contributed by atoms with van der Waals surface area (Å²) in [6.07, 6.45) is 5.01. The van der Waals surface area contributed by atoms with Crippen molar-refractivity contribution in [1.29, 1.82) is 0 Å². The fourth-order valence-corrected chi connectivity index (χ4v) is 3.20. The summed E-state index contributed by atoms with van der Waals surface area (Å²) in [4.78, 5) is 38.5. The van der Waals surface area contributed by atoms with E-state index in [0.717, 1.165) is 25.9 Å². The summed E-state index contributed by atoms with van der Waals surface area (Å²) in [5.41, 5.74) is 0. The second-order valence-electron chi connectivity index (χ2n) is 6.38. The van der Waals surface area contributed by atoms with E-state index in [1.165, 1.54) is 0 Å². The summed E-state index contributed by atoms with van der Waals surface area (Å²) < 4.78 is 0. The van der Waals surface area contributed by atoms with Crippen molar-refractivity contribution in [1.82, 2.24) is 15.1 Å². The Labute approximate surface area is 137 Å². The number of rotatable bonds is 6. The molecule has 7 heteroatoms. The fraction of sp³-hybridized carbons (Fsp3) is 0.812. The van der Waals surface area contributed by atoms with Crippen LogP contribution in [0.3, 0.4) is 0 Å². The van der Waals surface area contributed by atoms with E-state index in [1.807, 2.05) is 9.80 Å². The van der Waals surface area contributed by atoms with Crippen LogP contribution in [0.1, 0.15) is 44.9 Å². The lowest BCUT2D eigenvalue weighted by molar-refractivity contribution is -0.137. The predicted octanol–water partition coefficient (Wildman–Crippen LogP) is 1.29. The Bertz CT molecular complexity index is 427. The van der Waals surface area contributed by atoms with Crippen molar-refractivity contribution in [2.24, 2.45) is 5.92 Å². The first-order valence-corrected chi connectivity index (χ1v) is 8.61. The molecule has 3 amide bonds. The highest BCUT2D eigenvalue weighted by Crippen LogP contribution is 2.20. The Morgan fingerprint density at radius 2 is 1.57 bits per heavy atom. The zero-order chi connectivity index (χ0) is 16.7. The third kappa shape index (κ3) is 5.41. The number of aliphatic carboxylic acids is 1. The van der Waals surface area contributed by atoms with Gasteiger partial charge in [0.2, 0.25) is 5.91 Å². The van der Waals surface area contributed by atoms with Crippen molar-refractivity contribution >= 4 is 17.9 Å². The van der Waals surface area contributed by atoms with E-state index >= 15 is 0 Å². The second kappa shape index (κ2) is 8.74. The normalized spacial score (nSPS) is 19.0. The number of hydrogen-bond donors (Lipinski definition) is 2. The predicted molar refractivity (Wildman–Crippen MR) is 85.0 cm³/mol. The first-order chi connectivity index (χ1) is 11.1. The summed E-state index contributed by atoms with van der Waals surface area (Å²) in [6.45, 7) is 3.53. The summed E-state index contributed by atoms with van der Waals surface area (Å²) in [5.74, 6) is -0.794. The number of piperidine rings is 1. The molecule has 0 aromatic carbocycles. The van der Waals surface area contributed by atoms with E-state index in [0.29, 0.717) is 45.3 Å². The van der Waals surface area contributed by atoms with Crippen molar-refractivity contribution in [3.63, 3.8) is 0 Å². The van der Waals surface area contributed by atoms with Gasteiger partial charge < -0.3 is 20.2 Å². The van der Waals surface area contributed by atoms with Crippen LogP contribution in [0, 0.1) is 5.92 Å².